The summed E-state index contributed by atoms with van der Waals surface area (Å²) in [5.41, 5.74) is 1.94. The maximum atomic E-state index is 13.1. The monoisotopic (exact) mass is 512 g/mol. The van der Waals surface area contributed by atoms with Crippen molar-refractivity contribution in [2.45, 2.75) is 36.3 Å². The van der Waals surface area contributed by atoms with Gasteiger partial charge in [0.2, 0.25) is 0 Å². The summed E-state index contributed by atoms with van der Waals surface area (Å²) >= 11 is 6.62. The van der Waals surface area contributed by atoms with Crippen molar-refractivity contribution in [3.63, 3.8) is 0 Å². The van der Waals surface area contributed by atoms with Crippen molar-refractivity contribution in [2.75, 3.05) is 0 Å². The highest BCUT2D eigenvalue weighted by Crippen LogP contribution is 2.36. The van der Waals surface area contributed by atoms with E-state index in [0.717, 1.165) is 11.1 Å². The summed E-state index contributed by atoms with van der Waals surface area (Å²) in [7, 11) is 0. The summed E-state index contributed by atoms with van der Waals surface area (Å²) < 4.78 is 0. The third kappa shape index (κ3) is 4.64. The Kier molecular flexibility index (Phi) is 7.42. The first-order chi connectivity index (χ1) is 13.2. The Labute approximate surface area is 178 Å². The Hall–Kier alpha value is -2.13. The second kappa shape index (κ2) is 9.38. The van der Waals surface area contributed by atoms with Crippen molar-refractivity contribution < 1.29 is 14.6 Å². The van der Waals surface area contributed by atoms with Gasteiger partial charge in [-0.25, -0.2) is 0 Å². The van der Waals surface area contributed by atoms with E-state index in [1.54, 1.807) is 38.1 Å². The maximum Gasteiger partial charge on any atom is 0.273 e. The van der Waals surface area contributed by atoms with Crippen LogP contribution in [0.5, 0.6) is 0 Å². The second-order valence-electron chi connectivity index (χ2n) is 6.41. The van der Waals surface area contributed by atoms with Gasteiger partial charge in [0, 0.05) is 45.8 Å². The molecule has 2 unspecified atom stereocenters. The Balaban J connectivity index is 2.49. The summed E-state index contributed by atoms with van der Waals surface area (Å²) in [6.45, 7) is 3.19. The molecule has 2 atom stereocenters. The van der Waals surface area contributed by atoms with Gasteiger partial charge in [-0.15, -0.1) is 0 Å². The number of hydrogen-bond donors (Lipinski definition) is 0. The number of nitro benzene ring substituents is 2. The Morgan fingerprint density at radius 3 is 1.50 bits per heavy atom. The molecule has 0 aliphatic rings. The molecule has 0 saturated carbocycles. The zero-order valence-electron chi connectivity index (χ0n) is 15.2. The number of rotatable bonds is 8. The van der Waals surface area contributed by atoms with Crippen LogP contribution in [0.3, 0.4) is 0 Å². The zero-order chi connectivity index (χ0) is 21.0. The van der Waals surface area contributed by atoms with Crippen LogP contribution in [0.25, 0.3) is 0 Å². The predicted molar refractivity (Wildman–Crippen MR) is 113 cm³/mol. The number of nitrogens with zero attached hydrogens (tertiary/aromatic N) is 2. The van der Waals surface area contributed by atoms with Crippen LogP contribution in [0.15, 0.2) is 36.4 Å². The van der Waals surface area contributed by atoms with Gasteiger partial charge in [-0.2, -0.15) is 0 Å². The van der Waals surface area contributed by atoms with Gasteiger partial charge in [0.15, 0.2) is 0 Å². The Morgan fingerprint density at radius 1 is 0.857 bits per heavy atom. The number of nitro groups is 2. The number of halogens is 2. The lowest BCUT2D eigenvalue weighted by molar-refractivity contribution is -0.385. The average molecular weight is 514 g/mol. The minimum atomic E-state index is -0.790. The zero-order valence-corrected chi connectivity index (χ0v) is 18.4. The van der Waals surface area contributed by atoms with Crippen LogP contribution in [0.1, 0.15) is 47.9 Å². The number of alkyl halides is 2. The number of Topliss-reactive ketones (excluding diaryl/α,β-unsaturated/α-hetero) is 1. The summed E-state index contributed by atoms with van der Waals surface area (Å²) in [6.07, 6.45) is 0. The Bertz CT molecular complexity index is 859. The summed E-state index contributed by atoms with van der Waals surface area (Å²) in [4.78, 5) is 34.9. The van der Waals surface area contributed by atoms with E-state index in [2.05, 4.69) is 31.9 Å². The molecule has 0 bridgehead atoms. The molecule has 0 saturated heterocycles. The number of ketones is 1. The van der Waals surface area contributed by atoms with Crippen LogP contribution in [0.4, 0.5) is 11.4 Å². The lowest BCUT2D eigenvalue weighted by Gasteiger charge is -2.18. The van der Waals surface area contributed by atoms with Crippen molar-refractivity contribution in [3.05, 3.63) is 78.9 Å². The minimum absolute atomic E-state index is 0.138. The molecule has 0 heterocycles. The van der Waals surface area contributed by atoms with Crippen LogP contribution in [0.2, 0.25) is 0 Å². The van der Waals surface area contributed by atoms with Gasteiger partial charge >= 0.3 is 0 Å². The number of hydrogen-bond acceptors (Lipinski definition) is 5. The molecule has 0 aliphatic heterocycles. The predicted octanol–water partition coefficient (Wildman–Crippen LogP) is 5.77. The largest absolute Gasteiger partial charge is 0.298 e. The first-order valence-corrected chi connectivity index (χ1v) is 10.7. The van der Waals surface area contributed by atoms with Gasteiger partial charge in [-0.1, -0.05) is 57.8 Å². The topological polar surface area (TPSA) is 103 Å². The van der Waals surface area contributed by atoms with Gasteiger partial charge < -0.3 is 0 Å². The Morgan fingerprint density at radius 2 is 1.21 bits per heavy atom. The standard InChI is InChI=1S/C19H18Br2N2O5/c1-11(15-7-13(9-20)3-5-17(15)22(25)26)19(24)12(2)16-8-14(10-21)4-6-18(16)23(27)28/h3-8,11-12H,9-10H2,1-2H3. The van der Waals surface area contributed by atoms with E-state index in [0.29, 0.717) is 21.8 Å². The fraction of sp³-hybridized carbons (Fsp3) is 0.316. The van der Waals surface area contributed by atoms with E-state index in [4.69, 9.17) is 0 Å². The van der Waals surface area contributed by atoms with Gasteiger partial charge in [-0.05, 0) is 23.3 Å². The molecule has 2 aromatic rings. The molecule has 2 aromatic carbocycles. The maximum absolute atomic E-state index is 13.1. The first-order valence-electron chi connectivity index (χ1n) is 8.41. The molecule has 148 valence electrons. The summed E-state index contributed by atoms with van der Waals surface area (Å²) in [5.74, 6) is -1.90. The SMILES string of the molecule is CC(C(=O)C(C)c1cc(CBr)ccc1[N+](=O)[O-])c1cc(CBr)ccc1[N+](=O)[O-]. The van der Waals surface area contributed by atoms with Crippen LogP contribution in [0, 0.1) is 20.2 Å². The highest BCUT2D eigenvalue weighted by Gasteiger charge is 2.31. The summed E-state index contributed by atoms with van der Waals surface area (Å²) in [5, 5.41) is 23.8. The van der Waals surface area contributed by atoms with E-state index in [9.17, 15) is 25.0 Å². The third-order valence-electron chi connectivity index (χ3n) is 4.67. The lowest BCUT2D eigenvalue weighted by Crippen LogP contribution is -2.19. The van der Waals surface area contributed by atoms with Crippen molar-refractivity contribution >= 4 is 49.0 Å². The van der Waals surface area contributed by atoms with Crippen LogP contribution < -0.4 is 0 Å². The van der Waals surface area contributed by atoms with E-state index in [-0.39, 0.29) is 17.2 Å². The molecular formula is C19H18Br2N2O5. The molecule has 9 heteroatoms. The molecule has 28 heavy (non-hydrogen) atoms. The normalized spacial score (nSPS) is 13.0. The van der Waals surface area contributed by atoms with E-state index >= 15 is 0 Å². The van der Waals surface area contributed by atoms with Gasteiger partial charge in [-0.3, -0.25) is 25.0 Å². The quantitative estimate of drug-likeness (QED) is 0.253. The fourth-order valence-electron chi connectivity index (χ4n) is 3.08. The number of carbonyl (C=O) groups is 1. The van der Waals surface area contributed by atoms with Gasteiger partial charge in [0.05, 0.1) is 9.85 Å². The van der Waals surface area contributed by atoms with Crippen LogP contribution >= 0.6 is 31.9 Å². The highest BCUT2D eigenvalue weighted by molar-refractivity contribution is 9.08. The third-order valence-corrected chi connectivity index (χ3v) is 5.97. The molecule has 0 aliphatic carbocycles. The molecule has 0 N–H and O–H groups in total. The molecule has 7 nitrogen and oxygen atoms in total. The van der Waals surface area contributed by atoms with Gasteiger partial charge in [0.25, 0.3) is 11.4 Å². The second-order valence-corrected chi connectivity index (χ2v) is 7.54. The van der Waals surface area contributed by atoms with Crippen molar-refractivity contribution in [2.24, 2.45) is 0 Å². The van der Waals surface area contributed by atoms with E-state index in [1.807, 2.05) is 0 Å². The van der Waals surface area contributed by atoms with Crippen LogP contribution in [-0.4, -0.2) is 15.6 Å². The van der Waals surface area contributed by atoms with E-state index < -0.39 is 21.7 Å². The van der Waals surface area contributed by atoms with Crippen molar-refractivity contribution in [1.29, 1.82) is 0 Å². The molecule has 0 aromatic heterocycles. The highest BCUT2D eigenvalue weighted by atomic mass is 79.9. The van der Waals surface area contributed by atoms with Gasteiger partial charge in [0.1, 0.15) is 5.78 Å². The van der Waals surface area contributed by atoms with E-state index in [1.165, 1.54) is 12.1 Å². The summed E-state index contributed by atoms with van der Waals surface area (Å²) in [6, 6.07) is 9.28. The minimum Gasteiger partial charge on any atom is -0.298 e. The lowest BCUT2D eigenvalue weighted by atomic mass is 9.84. The molecule has 0 radical (unpaired) electrons. The molecule has 2 rings (SSSR count). The smallest absolute Gasteiger partial charge is 0.273 e. The number of benzene rings is 2. The molecule has 0 spiro atoms. The molecular weight excluding hydrogens is 496 g/mol. The molecule has 0 amide bonds. The van der Waals surface area contributed by atoms with Crippen LogP contribution in [-0.2, 0) is 15.5 Å². The van der Waals surface area contributed by atoms with Crippen molar-refractivity contribution in [3.8, 4) is 0 Å². The molecule has 0 fully saturated rings. The fourth-order valence-corrected chi connectivity index (χ4v) is 3.78. The average Bonchev–Trinajstić information content (AvgIpc) is 2.70. The first kappa shape index (κ1) is 22.2. The number of carbonyl (C=O) groups excluding carboxylic acids is 1. The van der Waals surface area contributed by atoms with Crippen molar-refractivity contribution in [1.82, 2.24) is 0 Å².